The number of rotatable bonds is 7. The molecule has 23 heavy (non-hydrogen) atoms. The number of hydrogen-bond donors (Lipinski definition) is 1. The molecule has 2 rings (SSSR count). The molecule has 0 saturated heterocycles. The highest BCUT2D eigenvalue weighted by atomic mass is 35.5. The molecule has 0 fully saturated rings. The fourth-order valence-corrected chi connectivity index (χ4v) is 2.60. The number of benzene rings is 2. The molecular formula is C18H19Cl2NO2. The average molecular weight is 352 g/mol. The van der Waals surface area contributed by atoms with Crippen molar-refractivity contribution in [3.05, 3.63) is 64.1 Å². The van der Waals surface area contributed by atoms with E-state index in [2.05, 4.69) is 5.32 Å². The van der Waals surface area contributed by atoms with E-state index >= 15 is 0 Å². The molecule has 122 valence electrons. The number of hydrogen-bond acceptors (Lipinski definition) is 2. The fraction of sp³-hybridized carbons (Fsp3) is 0.278. The highest BCUT2D eigenvalue weighted by Crippen LogP contribution is 2.22. The average Bonchev–Trinajstić information content (AvgIpc) is 2.53. The minimum absolute atomic E-state index is 0.0276. The Kier molecular flexibility index (Phi) is 6.75. The number of carbonyl (C=O) groups is 1. The van der Waals surface area contributed by atoms with Crippen LogP contribution in [0.5, 0.6) is 5.75 Å². The Morgan fingerprint density at radius 3 is 2.61 bits per heavy atom. The number of aryl methyl sites for hydroxylation is 1. The van der Waals surface area contributed by atoms with Crippen LogP contribution in [0.15, 0.2) is 48.5 Å². The minimum Gasteiger partial charge on any atom is -0.491 e. The molecule has 0 radical (unpaired) electrons. The van der Waals surface area contributed by atoms with Crippen molar-refractivity contribution >= 4 is 29.1 Å². The van der Waals surface area contributed by atoms with E-state index in [1.54, 1.807) is 12.1 Å². The van der Waals surface area contributed by atoms with Crippen molar-refractivity contribution in [3.63, 3.8) is 0 Å². The topological polar surface area (TPSA) is 38.3 Å². The molecule has 3 nitrogen and oxygen atoms in total. The lowest BCUT2D eigenvalue weighted by Crippen LogP contribution is -2.36. The van der Waals surface area contributed by atoms with Crippen molar-refractivity contribution in [2.24, 2.45) is 0 Å². The van der Waals surface area contributed by atoms with Crippen LogP contribution in [0.25, 0.3) is 0 Å². The highest BCUT2D eigenvalue weighted by Gasteiger charge is 2.10. The number of carbonyl (C=O) groups excluding carboxylic acids is 1. The van der Waals surface area contributed by atoms with Gasteiger partial charge in [0.15, 0.2) is 0 Å². The molecule has 1 unspecified atom stereocenters. The second-order valence-corrected chi connectivity index (χ2v) is 6.17. The summed E-state index contributed by atoms with van der Waals surface area (Å²) < 4.78 is 5.61. The van der Waals surface area contributed by atoms with Gasteiger partial charge in [-0.05, 0) is 43.2 Å². The standard InChI is InChI=1S/C18H19Cl2NO2/c1-13(12-23-16-5-3-2-4-6-16)21-18(22)10-8-14-7-9-15(19)11-17(14)20/h2-7,9,11,13H,8,10,12H2,1H3,(H,21,22). The van der Waals surface area contributed by atoms with Gasteiger partial charge in [0.05, 0.1) is 6.04 Å². The smallest absolute Gasteiger partial charge is 0.220 e. The maximum Gasteiger partial charge on any atom is 0.220 e. The van der Waals surface area contributed by atoms with E-state index in [1.807, 2.05) is 43.3 Å². The molecule has 0 aliphatic carbocycles. The number of halogens is 2. The van der Waals surface area contributed by atoms with E-state index < -0.39 is 0 Å². The maximum atomic E-state index is 12.0. The quantitative estimate of drug-likeness (QED) is 0.796. The Morgan fingerprint density at radius 2 is 1.91 bits per heavy atom. The van der Waals surface area contributed by atoms with Crippen LogP contribution in [0, 0.1) is 0 Å². The van der Waals surface area contributed by atoms with Crippen molar-refractivity contribution in [2.75, 3.05) is 6.61 Å². The Labute approximate surface area is 146 Å². The molecule has 1 amide bonds. The third-order valence-electron chi connectivity index (χ3n) is 3.29. The summed E-state index contributed by atoms with van der Waals surface area (Å²) in [4.78, 5) is 12.0. The summed E-state index contributed by atoms with van der Waals surface area (Å²) in [5.74, 6) is 0.765. The van der Waals surface area contributed by atoms with E-state index in [0.717, 1.165) is 11.3 Å². The summed E-state index contributed by atoms with van der Waals surface area (Å²) in [5.41, 5.74) is 0.916. The second kappa shape index (κ2) is 8.80. The van der Waals surface area contributed by atoms with Gasteiger partial charge in [-0.3, -0.25) is 4.79 Å². The molecule has 0 saturated carbocycles. The Morgan fingerprint density at radius 1 is 1.17 bits per heavy atom. The zero-order chi connectivity index (χ0) is 16.7. The first-order valence-electron chi connectivity index (χ1n) is 7.45. The molecule has 0 aliphatic heterocycles. The summed E-state index contributed by atoms with van der Waals surface area (Å²) in [6, 6.07) is 14.8. The SMILES string of the molecule is CC(COc1ccccc1)NC(=O)CCc1ccc(Cl)cc1Cl. The van der Waals surface area contributed by atoms with Crippen molar-refractivity contribution in [2.45, 2.75) is 25.8 Å². The molecule has 1 atom stereocenters. The van der Waals surface area contributed by atoms with Gasteiger partial charge in [0, 0.05) is 16.5 Å². The molecule has 2 aromatic carbocycles. The zero-order valence-electron chi connectivity index (χ0n) is 12.9. The van der Waals surface area contributed by atoms with Gasteiger partial charge in [-0.1, -0.05) is 47.5 Å². The van der Waals surface area contributed by atoms with E-state index in [1.165, 1.54) is 0 Å². The predicted molar refractivity (Wildman–Crippen MR) is 94.3 cm³/mol. The van der Waals surface area contributed by atoms with E-state index in [0.29, 0.717) is 29.5 Å². The van der Waals surface area contributed by atoms with Gasteiger partial charge in [-0.15, -0.1) is 0 Å². The van der Waals surface area contributed by atoms with Crippen LogP contribution in [0.2, 0.25) is 10.0 Å². The lowest BCUT2D eigenvalue weighted by atomic mass is 10.1. The van der Waals surface area contributed by atoms with Gasteiger partial charge >= 0.3 is 0 Å². The first-order valence-corrected chi connectivity index (χ1v) is 8.21. The summed E-state index contributed by atoms with van der Waals surface area (Å²) in [7, 11) is 0. The van der Waals surface area contributed by atoms with Crippen LogP contribution >= 0.6 is 23.2 Å². The number of ether oxygens (including phenoxy) is 1. The van der Waals surface area contributed by atoms with Crippen molar-refractivity contribution < 1.29 is 9.53 Å². The first kappa shape index (κ1) is 17.6. The van der Waals surface area contributed by atoms with Crippen LogP contribution in [0.4, 0.5) is 0 Å². The lowest BCUT2D eigenvalue weighted by Gasteiger charge is -2.15. The Hall–Kier alpha value is -1.71. The summed E-state index contributed by atoms with van der Waals surface area (Å²) >= 11 is 12.0. The summed E-state index contributed by atoms with van der Waals surface area (Å²) in [6.07, 6.45) is 0.950. The third-order valence-corrected chi connectivity index (χ3v) is 3.87. The van der Waals surface area contributed by atoms with Crippen molar-refractivity contribution in [3.8, 4) is 5.75 Å². The number of nitrogens with one attached hydrogen (secondary N) is 1. The van der Waals surface area contributed by atoms with Gasteiger partial charge < -0.3 is 10.1 Å². The first-order chi connectivity index (χ1) is 11.0. The van der Waals surface area contributed by atoms with Crippen LogP contribution < -0.4 is 10.1 Å². The molecule has 1 N–H and O–H groups in total. The molecule has 0 aromatic heterocycles. The molecule has 2 aromatic rings. The van der Waals surface area contributed by atoms with Crippen LogP contribution in [0.1, 0.15) is 18.9 Å². The van der Waals surface area contributed by atoms with Gasteiger partial charge in [0.1, 0.15) is 12.4 Å². The monoisotopic (exact) mass is 351 g/mol. The van der Waals surface area contributed by atoms with E-state index in [4.69, 9.17) is 27.9 Å². The second-order valence-electron chi connectivity index (χ2n) is 5.33. The number of para-hydroxylation sites is 1. The third kappa shape index (κ3) is 6.12. The fourth-order valence-electron chi connectivity index (χ4n) is 2.10. The Balaban J connectivity index is 1.73. The van der Waals surface area contributed by atoms with E-state index in [9.17, 15) is 4.79 Å². The Bertz CT molecular complexity index is 647. The molecular weight excluding hydrogens is 333 g/mol. The van der Waals surface area contributed by atoms with Crippen molar-refractivity contribution in [1.82, 2.24) is 5.32 Å². The van der Waals surface area contributed by atoms with Gasteiger partial charge in [0.2, 0.25) is 5.91 Å². The molecule has 0 bridgehead atoms. The molecule has 0 spiro atoms. The summed E-state index contributed by atoms with van der Waals surface area (Å²) in [6.45, 7) is 2.34. The van der Waals surface area contributed by atoms with Gasteiger partial charge in [0.25, 0.3) is 0 Å². The minimum atomic E-state index is -0.0663. The highest BCUT2D eigenvalue weighted by molar-refractivity contribution is 6.35. The largest absolute Gasteiger partial charge is 0.491 e. The van der Waals surface area contributed by atoms with Gasteiger partial charge in [-0.25, -0.2) is 0 Å². The lowest BCUT2D eigenvalue weighted by molar-refractivity contribution is -0.121. The van der Waals surface area contributed by atoms with Crippen molar-refractivity contribution in [1.29, 1.82) is 0 Å². The predicted octanol–water partition coefficient (Wildman–Crippen LogP) is 4.51. The molecule has 0 heterocycles. The summed E-state index contributed by atoms with van der Waals surface area (Å²) in [5, 5.41) is 4.10. The molecule has 5 heteroatoms. The van der Waals surface area contributed by atoms with Crippen LogP contribution in [0.3, 0.4) is 0 Å². The van der Waals surface area contributed by atoms with Crippen LogP contribution in [-0.2, 0) is 11.2 Å². The number of amides is 1. The van der Waals surface area contributed by atoms with Gasteiger partial charge in [-0.2, -0.15) is 0 Å². The van der Waals surface area contributed by atoms with Crippen LogP contribution in [-0.4, -0.2) is 18.6 Å². The maximum absolute atomic E-state index is 12.0. The molecule has 0 aliphatic rings. The normalized spacial score (nSPS) is 11.8. The van der Waals surface area contributed by atoms with E-state index in [-0.39, 0.29) is 11.9 Å². The zero-order valence-corrected chi connectivity index (χ0v) is 14.4.